The van der Waals surface area contributed by atoms with Crippen LogP contribution in [-0.2, 0) is 10.7 Å². The number of nitrogens with zero attached hydrogens (tertiary/aromatic N) is 2. The number of piperazine rings is 1. The number of amides is 1. The molecule has 1 amide bonds. The molecular formula is C14H19ClN2O3S. The number of halogens is 1. The molecule has 1 saturated heterocycles. The molecule has 0 aliphatic carbocycles. The van der Waals surface area contributed by atoms with E-state index in [2.05, 4.69) is 18.7 Å². The van der Waals surface area contributed by atoms with Crippen LogP contribution >= 0.6 is 11.6 Å². The molecule has 0 unspecified atom stereocenters. The molecule has 0 radical (unpaired) electrons. The summed E-state index contributed by atoms with van der Waals surface area (Å²) in [5.41, 5.74) is 0.367. The molecule has 1 aromatic carbocycles. The van der Waals surface area contributed by atoms with Gasteiger partial charge in [-0.3, -0.25) is 9.69 Å². The van der Waals surface area contributed by atoms with Crippen molar-refractivity contribution in [1.29, 1.82) is 0 Å². The number of carbonyl (C=O) groups is 1. The van der Waals surface area contributed by atoms with Gasteiger partial charge in [0, 0.05) is 37.8 Å². The average molecular weight is 331 g/mol. The smallest absolute Gasteiger partial charge is 0.253 e. The maximum Gasteiger partial charge on any atom is 0.253 e. The fourth-order valence-electron chi connectivity index (χ4n) is 2.41. The molecule has 21 heavy (non-hydrogen) atoms. The summed E-state index contributed by atoms with van der Waals surface area (Å²) in [5.74, 6) is -0.145. The number of hydrogen-bond acceptors (Lipinski definition) is 4. The molecule has 116 valence electrons. The average Bonchev–Trinajstić information content (AvgIpc) is 2.46. The van der Waals surface area contributed by atoms with Crippen molar-refractivity contribution < 1.29 is 13.2 Å². The van der Waals surface area contributed by atoms with E-state index in [9.17, 15) is 13.2 Å². The molecule has 0 saturated carbocycles. The molecule has 5 nitrogen and oxygen atoms in total. The van der Waals surface area contributed by atoms with Crippen LogP contribution in [0.5, 0.6) is 0 Å². The normalized spacial score (nSPS) is 16.7. The first kappa shape index (κ1) is 16.3. The van der Waals surface area contributed by atoms with Gasteiger partial charge in [-0.25, -0.2) is 8.42 Å². The Morgan fingerprint density at radius 1 is 1.19 bits per heavy atom. The van der Waals surface area contributed by atoms with Gasteiger partial charge in [0.2, 0.25) is 0 Å². The van der Waals surface area contributed by atoms with Gasteiger partial charge in [0.25, 0.3) is 5.91 Å². The molecule has 1 aliphatic rings. The van der Waals surface area contributed by atoms with Crippen molar-refractivity contribution >= 4 is 28.2 Å². The zero-order chi connectivity index (χ0) is 15.6. The lowest BCUT2D eigenvalue weighted by molar-refractivity contribution is 0.0595. The van der Waals surface area contributed by atoms with Crippen molar-refractivity contribution in [3.8, 4) is 0 Å². The van der Waals surface area contributed by atoms with E-state index in [1.165, 1.54) is 12.1 Å². The minimum Gasteiger partial charge on any atom is -0.336 e. The number of hydrogen-bond donors (Lipinski definition) is 1. The molecule has 1 heterocycles. The maximum absolute atomic E-state index is 12.4. The molecule has 1 aromatic rings. The quantitative estimate of drug-likeness (QED) is 0.853. The molecule has 0 bridgehead atoms. The van der Waals surface area contributed by atoms with E-state index in [0.717, 1.165) is 13.1 Å². The van der Waals surface area contributed by atoms with Gasteiger partial charge in [-0.2, -0.15) is 0 Å². The zero-order valence-corrected chi connectivity index (χ0v) is 13.7. The Labute approximate surface area is 131 Å². The SMILES string of the molecule is CC(C)N1CCN(C(=O)c2ccc(Cl)c([SH](=O)=O)c2)CC1. The highest BCUT2D eigenvalue weighted by atomic mass is 35.5. The summed E-state index contributed by atoms with van der Waals surface area (Å²) >= 11 is 5.82. The van der Waals surface area contributed by atoms with E-state index < -0.39 is 10.7 Å². The monoisotopic (exact) mass is 330 g/mol. The Morgan fingerprint density at radius 2 is 1.81 bits per heavy atom. The second-order valence-corrected chi connectivity index (χ2v) is 6.75. The van der Waals surface area contributed by atoms with Crippen molar-refractivity contribution in [3.63, 3.8) is 0 Å². The van der Waals surface area contributed by atoms with Crippen molar-refractivity contribution in [2.45, 2.75) is 24.8 Å². The first-order chi connectivity index (χ1) is 9.90. The predicted octanol–water partition coefficient (Wildman–Crippen LogP) is 1.48. The third-order valence-electron chi connectivity index (χ3n) is 3.72. The van der Waals surface area contributed by atoms with Gasteiger partial charge in [-0.05, 0) is 32.0 Å². The lowest BCUT2D eigenvalue weighted by Crippen LogP contribution is -2.50. The van der Waals surface area contributed by atoms with E-state index in [1.807, 2.05) is 0 Å². The van der Waals surface area contributed by atoms with Crippen molar-refractivity contribution in [2.75, 3.05) is 26.2 Å². The summed E-state index contributed by atoms with van der Waals surface area (Å²) in [6.07, 6.45) is 0. The fourth-order valence-corrected chi connectivity index (χ4v) is 3.23. The Morgan fingerprint density at radius 3 is 2.33 bits per heavy atom. The van der Waals surface area contributed by atoms with Gasteiger partial charge in [-0.1, -0.05) is 11.6 Å². The molecule has 7 heteroatoms. The Hall–Kier alpha value is -1.11. The minimum atomic E-state index is -2.80. The first-order valence-corrected chi connectivity index (χ1v) is 8.43. The van der Waals surface area contributed by atoms with Crippen molar-refractivity contribution in [2.24, 2.45) is 0 Å². The fraction of sp³-hybridized carbons (Fsp3) is 0.500. The van der Waals surface area contributed by atoms with E-state index in [0.29, 0.717) is 24.7 Å². The second kappa shape index (κ2) is 6.77. The van der Waals surface area contributed by atoms with Gasteiger partial charge in [0.05, 0.1) is 9.92 Å². The molecule has 1 fully saturated rings. The van der Waals surface area contributed by atoms with Crippen molar-refractivity contribution in [1.82, 2.24) is 9.80 Å². The number of carbonyl (C=O) groups excluding carboxylic acids is 1. The van der Waals surface area contributed by atoms with E-state index in [4.69, 9.17) is 11.6 Å². The van der Waals surface area contributed by atoms with Crippen LogP contribution < -0.4 is 0 Å². The summed E-state index contributed by atoms with van der Waals surface area (Å²) in [7, 11) is -2.80. The zero-order valence-electron chi connectivity index (χ0n) is 12.1. The summed E-state index contributed by atoms with van der Waals surface area (Å²) in [5, 5.41) is 0.146. The molecule has 0 N–H and O–H groups in total. The third kappa shape index (κ3) is 3.75. The summed E-state index contributed by atoms with van der Waals surface area (Å²) in [6.45, 7) is 7.23. The summed E-state index contributed by atoms with van der Waals surface area (Å²) < 4.78 is 22.2. The highest BCUT2D eigenvalue weighted by Crippen LogP contribution is 2.20. The van der Waals surface area contributed by atoms with E-state index in [-0.39, 0.29) is 15.8 Å². The highest BCUT2D eigenvalue weighted by molar-refractivity contribution is 7.72. The standard InChI is InChI=1S/C14H19ClN2O3S/c1-10(2)16-5-7-17(8-6-16)14(18)11-3-4-12(15)13(9-11)21(19)20/h3-4,9-10,21H,5-8H2,1-2H3. The Balaban J connectivity index is 2.13. The summed E-state index contributed by atoms with van der Waals surface area (Å²) in [6, 6.07) is 4.85. The number of benzene rings is 1. The van der Waals surface area contributed by atoms with E-state index in [1.54, 1.807) is 11.0 Å². The first-order valence-electron chi connectivity index (χ1n) is 6.87. The van der Waals surface area contributed by atoms with Crippen LogP contribution in [0.1, 0.15) is 24.2 Å². The van der Waals surface area contributed by atoms with Crippen LogP contribution in [0.15, 0.2) is 23.1 Å². The van der Waals surface area contributed by atoms with Gasteiger partial charge < -0.3 is 4.90 Å². The summed E-state index contributed by atoms with van der Waals surface area (Å²) in [4.78, 5) is 16.5. The van der Waals surface area contributed by atoms with Crippen LogP contribution in [0.4, 0.5) is 0 Å². The van der Waals surface area contributed by atoms with Gasteiger partial charge in [0.15, 0.2) is 10.7 Å². The maximum atomic E-state index is 12.4. The number of rotatable bonds is 3. The molecule has 0 spiro atoms. The third-order valence-corrected chi connectivity index (χ3v) is 4.95. The highest BCUT2D eigenvalue weighted by Gasteiger charge is 2.23. The van der Waals surface area contributed by atoms with Crippen LogP contribution in [0.2, 0.25) is 5.02 Å². The Bertz CT molecular complexity index is 600. The second-order valence-electron chi connectivity index (χ2n) is 5.35. The van der Waals surface area contributed by atoms with Gasteiger partial charge >= 0.3 is 0 Å². The topological polar surface area (TPSA) is 57.7 Å². The van der Waals surface area contributed by atoms with Gasteiger partial charge in [-0.15, -0.1) is 0 Å². The molecule has 2 rings (SSSR count). The van der Waals surface area contributed by atoms with Gasteiger partial charge in [0.1, 0.15) is 0 Å². The lowest BCUT2D eigenvalue weighted by atomic mass is 10.1. The van der Waals surface area contributed by atoms with Crippen LogP contribution in [0.3, 0.4) is 0 Å². The molecule has 0 atom stereocenters. The minimum absolute atomic E-state index is 0.00154. The largest absolute Gasteiger partial charge is 0.336 e. The van der Waals surface area contributed by atoms with Crippen molar-refractivity contribution in [3.05, 3.63) is 28.8 Å². The van der Waals surface area contributed by atoms with Crippen LogP contribution in [0.25, 0.3) is 0 Å². The molecular weight excluding hydrogens is 312 g/mol. The lowest BCUT2D eigenvalue weighted by Gasteiger charge is -2.37. The number of thiol groups is 1. The Kier molecular flexibility index (Phi) is 5.24. The predicted molar refractivity (Wildman–Crippen MR) is 82.6 cm³/mol. The van der Waals surface area contributed by atoms with Crippen LogP contribution in [-0.4, -0.2) is 56.3 Å². The molecule has 1 aliphatic heterocycles. The van der Waals surface area contributed by atoms with Crippen LogP contribution in [0, 0.1) is 0 Å². The van der Waals surface area contributed by atoms with E-state index >= 15 is 0 Å². The molecule has 0 aromatic heterocycles.